The molecule has 36 heavy (non-hydrogen) atoms. The van der Waals surface area contributed by atoms with Gasteiger partial charge in [-0.25, -0.2) is 14.4 Å². The molecule has 7 heteroatoms. The highest BCUT2D eigenvalue weighted by Crippen LogP contribution is 2.34. The first-order valence-electron chi connectivity index (χ1n) is 11.8. The fourth-order valence-corrected chi connectivity index (χ4v) is 4.04. The maximum atomic E-state index is 12.8. The van der Waals surface area contributed by atoms with Crippen molar-refractivity contribution in [3.05, 3.63) is 108 Å². The number of hydrogen-bond acceptors (Lipinski definition) is 7. The first-order chi connectivity index (χ1) is 17.4. The van der Waals surface area contributed by atoms with Crippen molar-refractivity contribution in [2.45, 2.75) is 32.3 Å². The van der Waals surface area contributed by atoms with Crippen LogP contribution in [0, 0.1) is 11.8 Å². The summed E-state index contributed by atoms with van der Waals surface area (Å²) in [6.45, 7) is 3.77. The molecule has 3 aromatic carbocycles. The summed E-state index contributed by atoms with van der Waals surface area (Å²) < 4.78 is 23.1. The summed E-state index contributed by atoms with van der Waals surface area (Å²) >= 11 is 0. The van der Waals surface area contributed by atoms with Gasteiger partial charge in [0.2, 0.25) is 6.29 Å². The summed E-state index contributed by atoms with van der Waals surface area (Å²) in [5, 5.41) is 0. The van der Waals surface area contributed by atoms with Gasteiger partial charge >= 0.3 is 17.9 Å². The Labute approximate surface area is 209 Å². The minimum atomic E-state index is -1.18. The average molecular weight is 489 g/mol. The van der Waals surface area contributed by atoms with Crippen molar-refractivity contribution in [1.82, 2.24) is 0 Å². The van der Waals surface area contributed by atoms with Gasteiger partial charge in [-0.1, -0.05) is 68.4 Å². The third-order valence-electron chi connectivity index (χ3n) is 6.38. The molecule has 0 amide bonds. The van der Waals surface area contributed by atoms with Crippen molar-refractivity contribution >= 4 is 17.9 Å². The van der Waals surface area contributed by atoms with Crippen LogP contribution < -0.4 is 0 Å². The molecule has 1 heterocycles. The van der Waals surface area contributed by atoms with E-state index in [0.29, 0.717) is 16.7 Å². The van der Waals surface area contributed by atoms with Crippen LogP contribution in [-0.4, -0.2) is 43.0 Å². The van der Waals surface area contributed by atoms with Gasteiger partial charge in [-0.2, -0.15) is 0 Å². The molecule has 3 aromatic rings. The second-order valence-corrected chi connectivity index (χ2v) is 8.73. The van der Waals surface area contributed by atoms with E-state index < -0.39 is 36.4 Å². The lowest BCUT2D eigenvalue weighted by atomic mass is 9.83. The Kier molecular flexibility index (Phi) is 8.13. The largest absolute Gasteiger partial charge is 0.459 e. The average Bonchev–Trinajstić information content (AvgIpc) is 2.93. The molecule has 0 radical (unpaired) electrons. The molecular formula is C29H28O7. The van der Waals surface area contributed by atoms with E-state index in [4.69, 9.17) is 18.9 Å². The molecule has 4 rings (SSSR count). The first kappa shape index (κ1) is 25.1. The van der Waals surface area contributed by atoms with Crippen LogP contribution in [0.2, 0.25) is 0 Å². The van der Waals surface area contributed by atoms with Crippen LogP contribution in [0.15, 0.2) is 91.0 Å². The molecule has 0 spiro atoms. The van der Waals surface area contributed by atoms with Crippen molar-refractivity contribution in [3.63, 3.8) is 0 Å². The van der Waals surface area contributed by atoms with Crippen LogP contribution in [0.5, 0.6) is 0 Å². The summed E-state index contributed by atoms with van der Waals surface area (Å²) in [4.78, 5) is 38.1. The Morgan fingerprint density at radius 1 is 0.639 bits per heavy atom. The summed E-state index contributed by atoms with van der Waals surface area (Å²) in [5.41, 5.74) is 1.15. The first-order valence-corrected chi connectivity index (χ1v) is 11.8. The standard InChI is InChI=1S/C29H28O7/c1-19-20(2)25(35-27(31)22-14-8-4-9-15-22)29(36-28(32)23-16-10-5-11-17-23)34-24(19)18-33-26(30)21-12-6-3-7-13-21/h3-17,19-20,24-25,29H,18H2,1-2H3/t19-,20-,24?,25?,29+/m0/s1. The number of carbonyl (C=O) groups excluding carboxylic acids is 3. The molecule has 0 aromatic heterocycles. The molecule has 1 saturated heterocycles. The van der Waals surface area contributed by atoms with Gasteiger partial charge in [0, 0.05) is 5.92 Å². The number of benzene rings is 3. The smallest absolute Gasteiger partial charge is 0.340 e. The third kappa shape index (κ3) is 5.98. The van der Waals surface area contributed by atoms with Crippen molar-refractivity contribution < 1.29 is 33.3 Å². The molecule has 0 bridgehead atoms. The zero-order valence-corrected chi connectivity index (χ0v) is 20.1. The number of esters is 3. The van der Waals surface area contributed by atoms with E-state index in [1.165, 1.54) is 0 Å². The predicted molar refractivity (Wildman–Crippen MR) is 131 cm³/mol. The van der Waals surface area contributed by atoms with Crippen molar-refractivity contribution in [1.29, 1.82) is 0 Å². The van der Waals surface area contributed by atoms with Crippen LogP contribution in [0.4, 0.5) is 0 Å². The Morgan fingerprint density at radius 2 is 1.08 bits per heavy atom. The monoisotopic (exact) mass is 488 g/mol. The van der Waals surface area contributed by atoms with Gasteiger partial charge in [-0.3, -0.25) is 0 Å². The van der Waals surface area contributed by atoms with Crippen LogP contribution in [0.1, 0.15) is 44.9 Å². The van der Waals surface area contributed by atoms with E-state index in [1.807, 2.05) is 19.9 Å². The molecular weight excluding hydrogens is 460 g/mol. The highest BCUT2D eigenvalue weighted by atomic mass is 16.7. The van der Waals surface area contributed by atoms with E-state index in [9.17, 15) is 14.4 Å². The minimum Gasteiger partial charge on any atom is -0.459 e. The maximum absolute atomic E-state index is 12.8. The highest BCUT2D eigenvalue weighted by molar-refractivity contribution is 5.90. The quantitative estimate of drug-likeness (QED) is 0.344. The lowest BCUT2D eigenvalue weighted by molar-refractivity contribution is -0.254. The normalized spacial score (nSPS) is 23.3. The van der Waals surface area contributed by atoms with E-state index in [2.05, 4.69) is 0 Å². The van der Waals surface area contributed by atoms with Gasteiger partial charge in [-0.05, 0) is 42.3 Å². The Hall–Kier alpha value is -3.97. The second kappa shape index (κ2) is 11.6. The number of ether oxygens (including phenoxy) is 4. The number of hydrogen-bond donors (Lipinski definition) is 0. The van der Waals surface area contributed by atoms with Gasteiger partial charge in [0.1, 0.15) is 6.61 Å². The fraction of sp³-hybridized carbons (Fsp3) is 0.276. The van der Waals surface area contributed by atoms with E-state index in [0.717, 1.165) is 0 Å². The zero-order valence-electron chi connectivity index (χ0n) is 20.1. The SMILES string of the molecule is C[C@@H]1C(COC(=O)c2ccccc2)O[C@H](OC(=O)c2ccccc2)C(OC(=O)c2ccccc2)[C@H]1C. The van der Waals surface area contributed by atoms with Gasteiger partial charge in [0.25, 0.3) is 0 Å². The molecule has 1 aliphatic rings. The highest BCUT2D eigenvalue weighted by Gasteiger charge is 2.46. The van der Waals surface area contributed by atoms with Gasteiger partial charge in [0.05, 0.1) is 22.8 Å². The van der Waals surface area contributed by atoms with Crippen molar-refractivity contribution in [3.8, 4) is 0 Å². The number of rotatable bonds is 7. The Balaban J connectivity index is 1.51. The molecule has 5 atom stereocenters. The second-order valence-electron chi connectivity index (χ2n) is 8.73. The Bertz CT molecular complexity index is 1160. The van der Waals surface area contributed by atoms with Gasteiger partial charge in [-0.15, -0.1) is 0 Å². The lowest BCUT2D eigenvalue weighted by Crippen LogP contribution is -2.54. The molecule has 7 nitrogen and oxygen atoms in total. The fourth-order valence-electron chi connectivity index (χ4n) is 4.04. The van der Waals surface area contributed by atoms with Crippen LogP contribution in [0.3, 0.4) is 0 Å². The summed E-state index contributed by atoms with van der Waals surface area (Å²) in [5.74, 6) is -2.06. The van der Waals surface area contributed by atoms with Crippen LogP contribution >= 0.6 is 0 Å². The maximum Gasteiger partial charge on any atom is 0.340 e. The van der Waals surface area contributed by atoms with Crippen molar-refractivity contribution in [2.75, 3.05) is 6.61 Å². The molecule has 0 N–H and O–H groups in total. The van der Waals surface area contributed by atoms with Crippen LogP contribution in [0.25, 0.3) is 0 Å². The molecule has 2 unspecified atom stereocenters. The van der Waals surface area contributed by atoms with E-state index in [1.54, 1.807) is 84.9 Å². The van der Waals surface area contributed by atoms with Gasteiger partial charge in [0.15, 0.2) is 6.10 Å². The Morgan fingerprint density at radius 3 is 1.58 bits per heavy atom. The van der Waals surface area contributed by atoms with Gasteiger partial charge < -0.3 is 18.9 Å². The molecule has 0 aliphatic carbocycles. The van der Waals surface area contributed by atoms with E-state index >= 15 is 0 Å². The minimum absolute atomic E-state index is 0.0437. The third-order valence-corrected chi connectivity index (χ3v) is 6.38. The summed E-state index contributed by atoms with van der Waals surface area (Å²) in [6.07, 6.45) is -2.62. The zero-order chi connectivity index (χ0) is 25.5. The van der Waals surface area contributed by atoms with Crippen molar-refractivity contribution in [2.24, 2.45) is 11.8 Å². The summed E-state index contributed by atoms with van der Waals surface area (Å²) in [7, 11) is 0. The molecule has 1 aliphatic heterocycles. The molecule has 0 saturated carbocycles. The van der Waals surface area contributed by atoms with E-state index in [-0.39, 0.29) is 18.4 Å². The van der Waals surface area contributed by atoms with Crippen LogP contribution in [-0.2, 0) is 18.9 Å². The molecule has 186 valence electrons. The lowest BCUT2D eigenvalue weighted by Gasteiger charge is -2.43. The predicted octanol–water partition coefficient (Wildman–Crippen LogP) is 4.92. The number of carbonyl (C=O) groups is 3. The summed E-state index contributed by atoms with van der Waals surface area (Å²) in [6, 6.07) is 25.7. The topological polar surface area (TPSA) is 88.1 Å². The molecule has 1 fully saturated rings.